The van der Waals surface area contributed by atoms with E-state index in [1.165, 1.54) is 5.56 Å². The Morgan fingerprint density at radius 1 is 0.943 bits per heavy atom. The molecule has 0 amide bonds. The summed E-state index contributed by atoms with van der Waals surface area (Å²) in [5, 5.41) is 8.43. The van der Waals surface area contributed by atoms with E-state index in [-0.39, 0.29) is 6.04 Å². The summed E-state index contributed by atoms with van der Waals surface area (Å²) in [7, 11) is 1.64. The molecule has 0 radical (unpaired) electrons. The zero-order valence-corrected chi connectivity index (χ0v) is 20.9. The van der Waals surface area contributed by atoms with Gasteiger partial charge in [-0.2, -0.15) is 4.98 Å². The summed E-state index contributed by atoms with van der Waals surface area (Å²) in [5.74, 6) is 1.74. The first-order valence-electron chi connectivity index (χ1n) is 11.4. The quantitative estimate of drug-likeness (QED) is 0.338. The fourth-order valence-electron chi connectivity index (χ4n) is 4.30. The van der Waals surface area contributed by atoms with Gasteiger partial charge in [0.25, 0.3) is 5.89 Å². The molecule has 35 heavy (non-hydrogen) atoms. The Bertz CT molecular complexity index is 1410. The second kappa shape index (κ2) is 9.35. The smallest absolute Gasteiger partial charge is 0.258 e. The Hall–Kier alpha value is -3.97. The maximum Gasteiger partial charge on any atom is 0.258 e. The van der Waals surface area contributed by atoms with E-state index in [1.54, 1.807) is 7.11 Å². The van der Waals surface area contributed by atoms with Crippen molar-refractivity contribution in [2.24, 2.45) is 0 Å². The molecule has 176 valence electrons. The van der Waals surface area contributed by atoms with Crippen LogP contribution in [0.4, 0.5) is 5.69 Å². The molecule has 0 fully saturated rings. The number of benzene rings is 3. The molecule has 1 N–H and O–H groups in total. The number of methoxy groups -OCH3 is 1. The Morgan fingerprint density at radius 3 is 2.37 bits per heavy atom. The number of anilines is 1. The SMILES string of the molecule is COc1ccc(-c2noc(C3=C(C)N(c4cccc(C)c4)C(=S)NC3c3ccc(C)cc3)n2)cc1. The van der Waals surface area contributed by atoms with Gasteiger partial charge in [-0.25, -0.2) is 0 Å². The number of hydrogen-bond acceptors (Lipinski definition) is 5. The van der Waals surface area contributed by atoms with Gasteiger partial charge < -0.3 is 14.6 Å². The maximum atomic E-state index is 5.84. The number of ether oxygens (including phenoxy) is 1. The fourth-order valence-corrected chi connectivity index (χ4v) is 4.66. The predicted molar refractivity (Wildman–Crippen MR) is 142 cm³/mol. The van der Waals surface area contributed by atoms with E-state index >= 15 is 0 Å². The highest BCUT2D eigenvalue weighted by Crippen LogP contribution is 2.39. The van der Waals surface area contributed by atoms with Gasteiger partial charge in [-0.1, -0.05) is 47.1 Å². The van der Waals surface area contributed by atoms with Crippen LogP contribution in [-0.2, 0) is 0 Å². The number of allylic oxidation sites excluding steroid dienone is 1. The first-order valence-corrected chi connectivity index (χ1v) is 11.8. The third kappa shape index (κ3) is 4.42. The fraction of sp³-hybridized carbons (Fsp3) is 0.179. The van der Waals surface area contributed by atoms with Crippen LogP contribution in [0.15, 0.2) is 83.0 Å². The van der Waals surface area contributed by atoms with E-state index in [2.05, 4.69) is 60.7 Å². The van der Waals surface area contributed by atoms with Crippen LogP contribution in [0, 0.1) is 13.8 Å². The third-order valence-electron chi connectivity index (χ3n) is 6.16. The first kappa shape index (κ1) is 22.8. The van der Waals surface area contributed by atoms with E-state index < -0.39 is 0 Å². The second-order valence-corrected chi connectivity index (χ2v) is 9.01. The summed E-state index contributed by atoms with van der Waals surface area (Å²) in [6.07, 6.45) is 0. The Kier molecular flexibility index (Phi) is 6.09. The minimum absolute atomic E-state index is 0.228. The van der Waals surface area contributed by atoms with Crippen LogP contribution in [0.2, 0.25) is 0 Å². The average molecular weight is 483 g/mol. The highest BCUT2D eigenvalue weighted by molar-refractivity contribution is 7.80. The molecule has 6 nitrogen and oxygen atoms in total. The number of aromatic nitrogens is 2. The van der Waals surface area contributed by atoms with Crippen LogP contribution in [0.25, 0.3) is 17.0 Å². The highest BCUT2D eigenvalue weighted by atomic mass is 32.1. The van der Waals surface area contributed by atoms with Crippen molar-refractivity contribution in [1.29, 1.82) is 0 Å². The van der Waals surface area contributed by atoms with Gasteiger partial charge in [0.15, 0.2) is 5.11 Å². The Balaban J connectivity index is 1.63. The van der Waals surface area contributed by atoms with Gasteiger partial charge in [-0.3, -0.25) is 4.90 Å². The summed E-state index contributed by atoms with van der Waals surface area (Å²) in [4.78, 5) is 6.82. The number of aryl methyl sites for hydroxylation is 2. The van der Waals surface area contributed by atoms with Crippen molar-refractivity contribution in [1.82, 2.24) is 15.5 Å². The van der Waals surface area contributed by atoms with Crippen molar-refractivity contribution in [2.45, 2.75) is 26.8 Å². The third-order valence-corrected chi connectivity index (χ3v) is 6.46. The van der Waals surface area contributed by atoms with Gasteiger partial charge in [0.2, 0.25) is 5.82 Å². The highest BCUT2D eigenvalue weighted by Gasteiger charge is 2.34. The monoisotopic (exact) mass is 482 g/mol. The van der Waals surface area contributed by atoms with Gasteiger partial charge in [0.05, 0.1) is 18.7 Å². The summed E-state index contributed by atoms with van der Waals surface area (Å²) < 4.78 is 11.1. The number of nitrogens with zero attached hydrogens (tertiary/aromatic N) is 3. The molecule has 1 aliphatic rings. The van der Waals surface area contributed by atoms with Crippen molar-refractivity contribution in [3.8, 4) is 17.1 Å². The first-order chi connectivity index (χ1) is 16.9. The lowest BCUT2D eigenvalue weighted by atomic mass is 9.94. The summed E-state index contributed by atoms with van der Waals surface area (Å²) >= 11 is 5.84. The van der Waals surface area contributed by atoms with Crippen LogP contribution >= 0.6 is 12.2 Å². The number of hydrogen-bond donors (Lipinski definition) is 1. The molecule has 3 aromatic carbocycles. The number of thiocarbonyl (C=S) groups is 1. The van der Waals surface area contributed by atoms with Crippen molar-refractivity contribution >= 4 is 28.6 Å². The Morgan fingerprint density at radius 2 is 1.69 bits per heavy atom. The molecule has 0 aliphatic carbocycles. The molecule has 0 saturated heterocycles. The molecule has 7 heteroatoms. The van der Waals surface area contributed by atoms with E-state index in [4.69, 9.17) is 26.5 Å². The lowest BCUT2D eigenvalue weighted by molar-refractivity contribution is 0.404. The van der Waals surface area contributed by atoms with E-state index in [0.29, 0.717) is 16.8 Å². The van der Waals surface area contributed by atoms with Gasteiger partial charge in [-0.05, 0) is 80.5 Å². The zero-order chi connectivity index (χ0) is 24.5. The molecule has 1 aliphatic heterocycles. The molecule has 1 aromatic heterocycles. The second-order valence-electron chi connectivity index (χ2n) is 8.62. The lowest BCUT2D eigenvalue weighted by Gasteiger charge is -2.37. The van der Waals surface area contributed by atoms with Crippen LogP contribution in [0.1, 0.15) is 35.5 Å². The molecule has 4 aromatic rings. The van der Waals surface area contributed by atoms with Crippen molar-refractivity contribution in [3.05, 3.63) is 101 Å². The van der Waals surface area contributed by atoms with Gasteiger partial charge >= 0.3 is 0 Å². The molecule has 2 heterocycles. The Labute approximate surface area is 210 Å². The summed E-state index contributed by atoms with van der Waals surface area (Å²) in [5.41, 5.74) is 7.07. The predicted octanol–water partition coefficient (Wildman–Crippen LogP) is 6.23. The number of rotatable bonds is 5. The molecular formula is C28H26N4O2S. The number of nitrogens with one attached hydrogen (secondary N) is 1. The molecule has 0 spiro atoms. The van der Waals surface area contributed by atoms with Crippen LogP contribution in [-0.4, -0.2) is 22.4 Å². The van der Waals surface area contributed by atoms with Crippen LogP contribution in [0.5, 0.6) is 5.75 Å². The van der Waals surface area contributed by atoms with Crippen LogP contribution < -0.4 is 15.0 Å². The van der Waals surface area contributed by atoms with Gasteiger partial charge in [0.1, 0.15) is 5.75 Å². The average Bonchev–Trinajstić information content (AvgIpc) is 3.34. The van der Waals surface area contributed by atoms with E-state index in [1.807, 2.05) is 48.2 Å². The maximum absolute atomic E-state index is 5.84. The molecule has 1 unspecified atom stereocenters. The van der Waals surface area contributed by atoms with Gasteiger partial charge in [-0.15, -0.1) is 0 Å². The standard InChI is InChI=1S/C28H26N4O2S/c1-17-8-10-20(11-9-17)25-24(19(3)32(28(35)29-25)22-7-5-6-18(2)16-22)27-30-26(31-34-27)21-12-14-23(33-4)15-13-21/h5-16,25H,1-4H3,(H,29,35). The van der Waals surface area contributed by atoms with Crippen molar-refractivity contribution in [2.75, 3.05) is 12.0 Å². The minimum atomic E-state index is -0.228. The zero-order valence-electron chi connectivity index (χ0n) is 20.1. The molecule has 1 atom stereocenters. The van der Waals surface area contributed by atoms with E-state index in [9.17, 15) is 0 Å². The van der Waals surface area contributed by atoms with Crippen molar-refractivity contribution in [3.63, 3.8) is 0 Å². The normalized spacial score (nSPS) is 15.8. The van der Waals surface area contributed by atoms with E-state index in [0.717, 1.165) is 39.4 Å². The molecule has 0 saturated carbocycles. The topological polar surface area (TPSA) is 63.4 Å². The largest absolute Gasteiger partial charge is 0.497 e. The minimum Gasteiger partial charge on any atom is -0.497 e. The summed E-state index contributed by atoms with van der Waals surface area (Å²) in [6, 6.07) is 24.0. The lowest BCUT2D eigenvalue weighted by Crippen LogP contribution is -2.46. The van der Waals surface area contributed by atoms with Crippen LogP contribution in [0.3, 0.4) is 0 Å². The molecule has 5 rings (SSSR count). The van der Waals surface area contributed by atoms with Crippen molar-refractivity contribution < 1.29 is 9.26 Å². The summed E-state index contributed by atoms with van der Waals surface area (Å²) in [6.45, 7) is 6.19. The molecule has 0 bridgehead atoms. The molecular weight excluding hydrogens is 456 g/mol. The van der Waals surface area contributed by atoms with Gasteiger partial charge in [0, 0.05) is 16.9 Å².